The van der Waals surface area contributed by atoms with Gasteiger partial charge in [-0.05, 0) is 63.2 Å². The minimum atomic E-state index is 0.628. The molecular weight excluding hydrogens is 370 g/mol. The lowest BCUT2D eigenvalue weighted by atomic mass is 9.82. The van der Waals surface area contributed by atoms with Crippen LogP contribution in [0.4, 0.5) is 0 Å². The number of nitrogens with zero attached hydrogens (tertiary/aromatic N) is 2. The molecule has 2 atom stereocenters. The third kappa shape index (κ3) is 11.8. The first-order valence-corrected chi connectivity index (χ1v) is 12.7. The van der Waals surface area contributed by atoms with E-state index in [9.17, 15) is 0 Å². The lowest BCUT2D eigenvalue weighted by molar-refractivity contribution is -0.843. The van der Waals surface area contributed by atoms with Crippen molar-refractivity contribution in [1.29, 1.82) is 0 Å². The first-order valence-electron chi connectivity index (χ1n) is 10.9. The van der Waals surface area contributed by atoms with Gasteiger partial charge in [-0.25, -0.2) is 0 Å². The van der Waals surface area contributed by atoms with Crippen LogP contribution < -0.4 is 5.14 Å². The van der Waals surface area contributed by atoms with Crippen LogP contribution in [0.3, 0.4) is 0 Å². The first-order chi connectivity index (χ1) is 12.7. The molecule has 1 aliphatic rings. The molecule has 1 saturated carbocycles. The highest BCUT2D eigenvalue weighted by molar-refractivity contribution is 7.96. The second-order valence-electron chi connectivity index (χ2n) is 9.40. The van der Waals surface area contributed by atoms with Crippen molar-refractivity contribution in [2.24, 2.45) is 22.9 Å². The zero-order chi connectivity index (χ0) is 20.9. The van der Waals surface area contributed by atoms with Crippen LogP contribution in [0.25, 0.3) is 0 Å². The van der Waals surface area contributed by atoms with Gasteiger partial charge in [-0.1, -0.05) is 58.9 Å². The molecule has 0 amide bonds. The van der Waals surface area contributed by atoms with E-state index in [4.69, 9.17) is 17.4 Å². The van der Waals surface area contributed by atoms with Crippen molar-refractivity contribution in [1.82, 2.24) is 4.90 Å². The molecule has 0 aromatic carbocycles. The largest absolute Gasteiger partial charge is 0.301 e. The average molecular weight is 419 g/mol. The van der Waals surface area contributed by atoms with Crippen LogP contribution in [0.15, 0.2) is 0 Å². The van der Waals surface area contributed by atoms with Gasteiger partial charge < -0.3 is 4.90 Å². The van der Waals surface area contributed by atoms with Gasteiger partial charge in [0.25, 0.3) is 0 Å². The summed E-state index contributed by atoms with van der Waals surface area (Å²) in [5.41, 5.74) is 2.08. The van der Waals surface area contributed by atoms with Crippen molar-refractivity contribution in [3.63, 3.8) is 0 Å². The molecule has 0 saturated heterocycles. The summed E-state index contributed by atoms with van der Waals surface area (Å²) in [6, 6.07) is 0.628. The Hall–Kier alpha value is 0.320. The predicted molar refractivity (Wildman–Crippen MR) is 129 cm³/mol. The van der Waals surface area contributed by atoms with E-state index in [2.05, 4.69) is 52.2 Å². The summed E-state index contributed by atoms with van der Waals surface area (Å²) >= 11 is 6.83. The van der Waals surface area contributed by atoms with Crippen LogP contribution in [0.1, 0.15) is 72.6 Å². The van der Waals surface area contributed by atoms with Gasteiger partial charge >= 0.3 is 0 Å². The molecule has 0 spiro atoms. The molecule has 5 heteroatoms. The van der Waals surface area contributed by atoms with Gasteiger partial charge in [0.05, 0.1) is 20.1 Å². The minimum Gasteiger partial charge on any atom is -0.301 e. The fraction of sp³-hybridized carbons (Fsp3) is 0.955. The van der Waals surface area contributed by atoms with Gasteiger partial charge in [-0.2, -0.15) is 0 Å². The van der Waals surface area contributed by atoms with Gasteiger partial charge in [-0.3, -0.25) is 9.62 Å². The molecule has 27 heavy (non-hydrogen) atoms. The van der Waals surface area contributed by atoms with E-state index in [0.717, 1.165) is 22.2 Å². The van der Waals surface area contributed by atoms with Gasteiger partial charge in [0, 0.05) is 12.3 Å². The summed E-state index contributed by atoms with van der Waals surface area (Å²) in [7, 11) is 4.69. The third-order valence-electron chi connectivity index (χ3n) is 6.02. The fourth-order valence-corrected chi connectivity index (χ4v) is 4.53. The van der Waals surface area contributed by atoms with Crippen LogP contribution in [0.5, 0.6) is 0 Å². The van der Waals surface area contributed by atoms with Crippen LogP contribution in [-0.4, -0.2) is 60.9 Å². The number of nitrogens with two attached hydrogens (primary N) is 1. The van der Waals surface area contributed by atoms with E-state index >= 15 is 0 Å². The molecule has 2 unspecified atom stereocenters. The van der Waals surface area contributed by atoms with Gasteiger partial charge in [0.15, 0.2) is 5.49 Å². The number of likely N-dealkylation sites (N-methyl/N-ethyl adjacent to an activating group) is 2. The maximum absolute atomic E-state index is 5.58. The Morgan fingerprint density at radius 3 is 2.26 bits per heavy atom. The fourth-order valence-electron chi connectivity index (χ4n) is 4.27. The Kier molecular flexibility index (Phi) is 15.4. The van der Waals surface area contributed by atoms with Crippen molar-refractivity contribution in [3.05, 3.63) is 0 Å². The van der Waals surface area contributed by atoms with E-state index < -0.39 is 0 Å². The summed E-state index contributed by atoms with van der Waals surface area (Å²) in [6.45, 7) is 13.0. The molecule has 0 aromatic heterocycles. The molecule has 0 aliphatic heterocycles. The summed E-state index contributed by atoms with van der Waals surface area (Å²) in [6.07, 6.45) is 11.3. The molecule has 2 N–H and O–H groups in total. The average Bonchev–Trinajstić information content (AvgIpc) is 2.61. The number of thiocarbonyl (C=S) groups is 1. The standard InChI is InChI=1S/C21H43N2S.CH5NS/c1-7-8-13-22(5)15-21(14-18(2)3)23(6,17-24)16-20-11-9-19(4)10-12-20;1-3-2/h17-21H,7-16H2,1-6H3;2H2,1H3/q+1;. The van der Waals surface area contributed by atoms with Gasteiger partial charge in [0.2, 0.25) is 0 Å². The van der Waals surface area contributed by atoms with E-state index in [1.54, 1.807) is 0 Å². The maximum atomic E-state index is 5.58. The Morgan fingerprint density at radius 2 is 1.81 bits per heavy atom. The molecule has 0 radical (unpaired) electrons. The van der Waals surface area contributed by atoms with E-state index in [0.29, 0.717) is 6.04 Å². The summed E-state index contributed by atoms with van der Waals surface area (Å²) in [5.74, 6) is 2.52. The first kappa shape index (κ1) is 27.3. The highest BCUT2D eigenvalue weighted by atomic mass is 32.2. The van der Waals surface area contributed by atoms with Crippen LogP contribution in [0, 0.1) is 17.8 Å². The molecule has 0 aromatic rings. The molecular formula is C22H48N3S2+. The SMILES string of the molecule is CCCCN(C)CC(CC(C)C)[N+](C)(C=S)CC1CCC(C)CC1.CSN. The molecule has 0 heterocycles. The van der Waals surface area contributed by atoms with E-state index in [1.165, 1.54) is 76.5 Å². The Morgan fingerprint density at radius 1 is 1.26 bits per heavy atom. The molecule has 1 rings (SSSR count). The van der Waals surface area contributed by atoms with Gasteiger partial charge in [-0.15, -0.1) is 0 Å². The van der Waals surface area contributed by atoms with Gasteiger partial charge in [0.1, 0.15) is 6.04 Å². The van der Waals surface area contributed by atoms with Crippen LogP contribution >= 0.6 is 24.2 Å². The van der Waals surface area contributed by atoms with Crippen molar-refractivity contribution in [2.45, 2.75) is 78.7 Å². The van der Waals surface area contributed by atoms with Crippen LogP contribution in [0.2, 0.25) is 0 Å². The van der Waals surface area contributed by atoms with Crippen LogP contribution in [-0.2, 0) is 0 Å². The third-order valence-corrected chi connectivity index (χ3v) is 6.50. The topological polar surface area (TPSA) is 29.3 Å². The summed E-state index contributed by atoms with van der Waals surface area (Å²) in [5, 5.41) is 4.76. The number of unbranched alkanes of at least 4 members (excludes halogenated alkanes) is 1. The number of rotatable bonds is 11. The van der Waals surface area contributed by atoms with Crippen molar-refractivity contribution >= 4 is 29.7 Å². The Labute approximate surface area is 180 Å². The highest BCUT2D eigenvalue weighted by Gasteiger charge is 2.35. The highest BCUT2D eigenvalue weighted by Crippen LogP contribution is 2.31. The molecule has 0 bridgehead atoms. The molecule has 1 aliphatic carbocycles. The molecule has 3 nitrogen and oxygen atoms in total. The number of hydrogen-bond donors (Lipinski definition) is 1. The van der Waals surface area contributed by atoms with Crippen molar-refractivity contribution in [2.75, 3.05) is 40.0 Å². The zero-order valence-electron chi connectivity index (χ0n) is 19.2. The quantitative estimate of drug-likeness (QED) is 0.269. The monoisotopic (exact) mass is 418 g/mol. The Balaban J connectivity index is 0.00000210. The van der Waals surface area contributed by atoms with Crippen molar-refractivity contribution in [3.8, 4) is 0 Å². The van der Waals surface area contributed by atoms with Crippen molar-refractivity contribution < 1.29 is 4.48 Å². The lowest BCUT2D eigenvalue weighted by Gasteiger charge is -2.43. The maximum Gasteiger partial charge on any atom is 0.161 e. The predicted octanol–water partition coefficient (Wildman–Crippen LogP) is 5.59. The lowest BCUT2D eigenvalue weighted by Crippen LogP contribution is -2.57. The second kappa shape index (κ2) is 15.2. The molecule has 1 fully saturated rings. The smallest absolute Gasteiger partial charge is 0.161 e. The minimum absolute atomic E-state index is 0.628. The zero-order valence-corrected chi connectivity index (χ0v) is 20.9. The molecule has 162 valence electrons. The summed E-state index contributed by atoms with van der Waals surface area (Å²) < 4.78 is 0.975. The number of hydrogen-bond acceptors (Lipinski definition) is 4. The summed E-state index contributed by atoms with van der Waals surface area (Å²) in [4.78, 5) is 2.54. The number of quaternary nitrogens is 1. The second-order valence-corrected chi connectivity index (χ2v) is 10.1. The van der Waals surface area contributed by atoms with E-state index in [1.807, 2.05) is 6.26 Å². The Bertz CT molecular complexity index is 371. The van der Waals surface area contributed by atoms with E-state index in [-0.39, 0.29) is 0 Å². The normalized spacial score (nSPS) is 23.5.